The first-order valence-electron chi connectivity index (χ1n) is 10.4. The van der Waals surface area contributed by atoms with E-state index in [-0.39, 0.29) is 5.41 Å². The summed E-state index contributed by atoms with van der Waals surface area (Å²) < 4.78 is 7.39. The SMILES string of the molecule is CC(C)(C)c1csc(-c2cc3cc(OCc4ccccc4Cc4nnn[nH]4)ccc3s2)n1. The molecule has 8 heteroatoms. The quantitative estimate of drug-likeness (QED) is 0.335. The third-order valence-corrected chi connectivity index (χ3v) is 7.36. The van der Waals surface area contributed by atoms with E-state index in [0.717, 1.165) is 33.4 Å². The number of thiazole rings is 1. The summed E-state index contributed by atoms with van der Waals surface area (Å²) in [6.45, 7) is 7.07. The Hall–Kier alpha value is -3.10. The van der Waals surface area contributed by atoms with Gasteiger partial charge in [0.05, 0.1) is 10.6 Å². The van der Waals surface area contributed by atoms with Gasteiger partial charge in [-0.05, 0) is 51.2 Å². The van der Waals surface area contributed by atoms with Crippen molar-refractivity contribution in [1.29, 1.82) is 0 Å². The molecule has 0 aliphatic heterocycles. The molecule has 2 aromatic carbocycles. The minimum atomic E-state index is 0.0622. The first kappa shape index (κ1) is 20.8. The molecule has 0 fully saturated rings. The molecule has 3 heterocycles. The zero-order valence-corrected chi connectivity index (χ0v) is 19.8. The Labute approximate surface area is 194 Å². The summed E-state index contributed by atoms with van der Waals surface area (Å²) in [5.41, 5.74) is 3.46. The van der Waals surface area contributed by atoms with Gasteiger partial charge in [-0.3, -0.25) is 0 Å². The van der Waals surface area contributed by atoms with E-state index in [0.29, 0.717) is 13.0 Å². The lowest BCUT2D eigenvalue weighted by Gasteiger charge is -2.14. The second kappa shape index (κ2) is 8.44. The van der Waals surface area contributed by atoms with Gasteiger partial charge in [-0.1, -0.05) is 45.0 Å². The fourth-order valence-corrected chi connectivity index (χ4v) is 5.57. The number of nitrogens with one attached hydrogen (secondary N) is 1. The van der Waals surface area contributed by atoms with E-state index in [1.807, 2.05) is 18.2 Å². The number of aromatic nitrogens is 5. The molecule has 32 heavy (non-hydrogen) atoms. The zero-order valence-electron chi connectivity index (χ0n) is 18.1. The predicted octanol–water partition coefficient (Wildman–Crippen LogP) is 6.01. The number of hydrogen-bond acceptors (Lipinski definition) is 7. The van der Waals surface area contributed by atoms with Crippen molar-refractivity contribution in [3.05, 3.63) is 76.6 Å². The Bertz CT molecular complexity index is 1350. The molecular weight excluding hydrogens is 438 g/mol. The third kappa shape index (κ3) is 4.42. The highest BCUT2D eigenvalue weighted by atomic mass is 32.1. The van der Waals surface area contributed by atoms with Crippen molar-refractivity contribution < 1.29 is 4.74 Å². The summed E-state index contributed by atoms with van der Waals surface area (Å²) in [5, 5.41) is 18.5. The van der Waals surface area contributed by atoms with E-state index in [2.05, 4.69) is 77.1 Å². The Balaban J connectivity index is 1.34. The maximum atomic E-state index is 6.15. The van der Waals surface area contributed by atoms with Gasteiger partial charge in [0.25, 0.3) is 0 Å². The third-order valence-electron chi connectivity index (χ3n) is 5.23. The van der Waals surface area contributed by atoms with Crippen LogP contribution in [0.3, 0.4) is 0 Å². The molecule has 3 aromatic heterocycles. The minimum absolute atomic E-state index is 0.0622. The van der Waals surface area contributed by atoms with E-state index >= 15 is 0 Å². The molecule has 0 amide bonds. The number of ether oxygens (including phenoxy) is 1. The van der Waals surface area contributed by atoms with Crippen molar-refractivity contribution in [2.24, 2.45) is 0 Å². The fraction of sp³-hybridized carbons (Fsp3) is 0.250. The van der Waals surface area contributed by atoms with Gasteiger partial charge in [0.2, 0.25) is 0 Å². The van der Waals surface area contributed by atoms with E-state index < -0.39 is 0 Å². The number of tetrazole rings is 1. The normalized spacial score (nSPS) is 11.8. The molecule has 0 radical (unpaired) electrons. The number of benzene rings is 2. The van der Waals surface area contributed by atoms with Crippen LogP contribution >= 0.6 is 22.7 Å². The number of nitrogens with zero attached hydrogens (tertiary/aromatic N) is 4. The van der Waals surface area contributed by atoms with Gasteiger partial charge in [0, 0.05) is 21.9 Å². The molecule has 0 aliphatic rings. The summed E-state index contributed by atoms with van der Waals surface area (Å²) >= 11 is 3.48. The highest BCUT2D eigenvalue weighted by Gasteiger charge is 2.19. The molecule has 6 nitrogen and oxygen atoms in total. The summed E-state index contributed by atoms with van der Waals surface area (Å²) in [7, 11) is 0. The Kier molecular flexibility index (Phi) is 5.48. The van der Waals surface area contributed by atoms with Crippen molar-refractivity contribution >= 4 is 32.8 Å². The van der Waals surface area contributed by atoms with Gasteiger partial charge in [-0.15, -0.1) is 27.8 Å². The monoisotopic (exact) mass is 461 g/mol. The molecule has 1 N–H and O–H groups in total. The van der Waals surface area contributed by atoms with Crippen LogP contribution in [-0.4, -0.2) is 25.6 Å². The molecule has 0 saturated heterocycles. The lowest BCUT2D eigenvalue weighted by atomic mass is 9.93. The van der Waals surface area contributed by atoms with Crippen LogP contribution < -0.4 is 4.74 Å². The van der Waals surface area contributed by atoms with Gasteiger partial charge < -0.3 is 4.74 Å². The molecule has 162 valence electrons. The summed E-state index contributed by atoms with van der Waals surface area (Å²) in [5.74, 6) is 1.59. The highest BCUT2D eigenvalue weighted by Crippen LogP contribution is 2.38. The molecule has 0 aliphatic carbocycles. The number of H-pyrrole nitrogens is 1. The number of thiophene rings is 1. The Morgan fingerprint density at radius 2 is 1.88 bits per heavy atom. The number of aromatic amines is 1. The van der Waals surface area contributed by atoms with Crippen molar-refractivity contribution in [3.63, 3.8) is 0 Å². The predicted molar refractivity (Wildman–Crippen MR) is 129 cm³/mol. The van der Waals surface area contributed by atoms with Crippen LogP contribution in [0.5, 0.6) is 5.75 Å². The van der Waals surface area contributed by atoms with Crippen LogP contribution in [0.25, 0.3) is 20.0 Å². The lowest BCUT2D eigenvalue weighted by molar-refractivity contribution is 0.305. The molecule has 0 atom stereocenters. The van der Waals surface area contributed by atoms with Crippen molar-refractivity contribution in [2.45, 2.75) is 39.2 Å². The van der Waals surface area contributed by atoms with Crippen LogP contribution in [0, 0.1) is 0 Å². The smallest absolute Gasteiger partial charge is 0.152 e. The van der Waals surface area contributed by atoms with Crippen LogP contribution in [0.15, 0.2) is 53.9 Å². The molecule has 0 bridgehead atoms. The number of hydrogen-bond donors (Lipinski definition) is 1. The summed E-state index contributed by atoms with van der Waals surface area (Å²) in [6, 6.07) is 16.7. The zero-order chi connectivity index (χ0) is 22.1. The maximum absolute atomic E-state index is 6.15. The highest BCUT2D eigenvalue weighted by molar-refractivity contribution is 7.25. The Morgan fingerprint density at radius 3 is 2.62 bits per heavy atom. The second-order valence-corrected chi connectivity index (χ2v) is 10.6. The Morgan fingerprint density at radius 1 is 1.03 bits per heavy atom. The van der Waals surface area contributed by atoms with Crippen LogP contribution in [0.4, 0.5) is 0 Å². The molecule has 5 rings (SSSR count). The van der Waals surface area contributed by atoms with Gasteiger partial charge in [-0.25, -0.2) is 10.1 Å². The van der Waals surface area contributed by atoms with Crippen molar-refractivity contribution in [2.75, 3.05) is 0 Å². The van der Waals surface area contributed by atoms with Crippen molar-refractivity contribution in [1.82, 2.24) is 25.6 Å². The fourth-order valence-electron chi connectivity index (χ4n) is 3.41. The first-order chi connectivity index (χ1) is 15.5. The average molecular weight is 462 g/mol. The van der Waals surface area contributed by atoms with Crippen molar-refractivity contribution in [3.8, 4) is 15.6 Å². The van der Waals surface area contributed by atoms with Gasteiger partial charge >= 0.3 is 0 Å². The van der Waals surface area contributed by atoms with Gasteiger partial charge in [-0.2, -0.15) is 0 Å². The molecule has 0 saturated carbocycles. The van der Waals surface area contributed by atoms with Crippen LogP contribution in [-0.2, 0) is 18.4 Å². The second-order valence-electron chi connectivity index (χ2n) is 8.68. The summed E-state index contributed by atoms with van der Waals surface area (Å²) in [6.07, 6.45) is 0.643. The summed E-state index contributed by atoms with van der Waals surface area (Å²) in [4.78, 5) is 6.06. The first-order valence-corrected chi connectivity index (χ1v) is 12.1. The van der Waals surface area contributed by atoms with Crippen LogP contribution in [0.2, 0.25) is 0 Å². The van der Waals surface area contributed by atoms with E-state index in [4.69, 9.17) is 9.72 Å². The van der Waals surface area contributed by atoms with Gasteiger partial charge in [0.1, 0.15) is 17.4 Å². The maximum Gasteiger partial charge on any atom is 0.152 e. The van der Waals surface area contributed by atoms with Crippen LogP contribution in [0.1, 0.15) is 43.4 Å². The molecular formula is C24H23N5OS2. The van der Waals surface area contributed by atoms with E-state index in [1.54, 1.807) is 22.7 Å². The van der Waals surface area contributed by atoms with Gasteiger partial charge in [0.15, 0.2) is 5.82 Å². The number of fused-ring (bicyclic) bond motifs is 1. The molecule has 5 aromatic rings. The lowest BCUT2D eigenvalue weighted by Crippen LogP contribution is -2.11. The standard InChI is InChI=1S/C24H23N5OS2/c1-24(2,3)21-14-31-23(25-21)20-11-17-10-18(8-9-19(17)32-20)30-13-16-7-5-4-6-15(16)12-22-26-28-29-27-22/h4-11,14H,12-13H2,1-3H3,(H,26,27,28,29). The number of rotatable bonds is 6. The van der Waals surface area contributed by atoms with E-state index in [1.165, 1.54) is 15.0 Å². The largest absolute Gasteiger partial charge is 0.489 e. The average Bonchev–Trinajstić information content (AvgIpc) is 3.52. The topological polar surface area (TPSA) is 76.6 Å². The molecule has 0 unspecified atom stereocenters. The van der Waals surface area contributed by atoms with E-state index in [9.17, 15) is 0 Å². The minimum Gasteiger partial charge on any atom is -0.489 e. The molecule has 0 spiro atoms.